The lowest BCUT2D eigenvalue weighted by Crippen LogP contribution is -2.26. The molecule has 0 radical (unpaired) electrons. The number of hydrogen-bond acceptors (Lipinski definition) is 8. The van der Waals surface area contributed by atoms with Gasteiger partial charge in [0.1, 0.15) is 5.25 Å². The summed E-state index contributed by atoms with van der Waals surface area (Å²) in [6, 6.07) is 3.32. The zero-order valence-electron chi connectivity index (χ0n) is 14.7. The van der Waals surface area contributed by atoms with Gasteiger partial charge in [-0.1, -0.05) is 11.8 Å². The monoisotopic (exact) mass is 472 g/mol. The molecule has 12 heteroatoms. The Morgan fingerprint density at radius 3 is 2.82 bits per heavy atom. The van der Waals surface area contributed by atoms with Crippen LogP contribution in [0.25, 0.3) is 0 Å². The van der Waals surface area contributed by atoms with Gasteiger partial charge in [0.15, 0.2) is 23.3 Å². The minimum absolute atomic E-state index is 0.220. The van der Waals surface area contributed by atoms with Crippen LogP contribution >= 0.6 is 27.7 Å². The van der Waals surface area contributed by atoms with Crippen LogP contribution in [0.1, 0.15) is 18.9 Å². The second-order valence-electron chi connectivity index (χ2n) is 5.36. The van der Waals surface area contributed by atoms with Gasteiger partial charge in [0.25, 0.3) is 5.91 Å². The number of amides is 2. The van der Waals surface area contributed by atoms with E-state index in [0.29, 0.717) is 28.1 Å². The Labute approximate surface area is 172 Å². The maximum absolute atomic E-state index is 11.7. The normalized spacial score (nSPS) is 17.7. The summed E-state index contributed by atoms with van der Waals surface area (Å²) in [6.07, 6.45) is 1.13. The number of primary amides is 1. The number of nitrogens with two attached hydrogens (primary N) is 1. The lowest BCUT2D eigenvalue weighted by Gasteiger charge is -2.13. The van der Waals surface area contributed by atoms with Crippen molar-refractivity contribution < 1.29 is 29.0 Å². The Hall–Kier alpha value is -2.60. The summed E-state index contributed by atoms with van der Waals surface area (Å²) in [4.78, 5) is 33.3. The Morgan fingerprint density at radius 2 is 2.18 bits per heavy atom. The van der Waals surface area contributed by atoms with Crippen molar-refractivity contribution in [3.8, 4) is 11.5 Å². The van der Waals surface area contributed by atoms with Crippen molar-refractivity contribution in [2.24, 2.45) is 15.9 Å². The van der Waals surface area contributed by atoms with Crippen molar-refractivity contribution >= 4 is 56.9 Å². The first-order chi connectivity index (χ1) is 13.3. The predicted octanol–water partition coefficient (Wildman–Crippen LogP) is 1.11. The van der Waals surface area contributed by atoms with Gasteiger partial charge in [-0.25, -0.2) is 0 Å². The number of carbonyl (C=O) groups excluding carboxylic acids is 2. The van der Waals surface area contributed by atoms with E-state index in [1.807, 2.05) is 0 Å². The molecule has 0 bridgehead atoms. The minimum atomic E-state index is -1.07. The molecule has 2 rings (SSSR count). The molecule has 150 valence electrons. The maximum atomic E-state index is 11.7. The number of nitrogens with one attached hydrogen (secondary N) is 1. The molecule has 1 heterocycles. The number of rotatable bonds is 9. The highest BCUT2D eigenvalue weighted by Gasteiger charge is 2.32. The van der Waals surface area contributed by atoms with Crippen molar-refractivity contribution in [1.82, 2.24) is 5.32 Å². The van der Waals surface area contributed by atoms with E-state index >= 15 is 0 Å². The highest BCUT2D eigenvalue weighted by Crippen LogP contribution is 2.36. The number of carboxylic acids is 1. The largest absolute Gasteiger partial charge is 0.490 e. The molecule has 1 aromatic rings. The summed E-state index contributed by atoms with van der Waals surface area (Å²) >= 11 is 4.35. The Balaban J connectivity index is 2.14. The molecule has 10 nitrogen and oxygen atoms in total. The lowest BCUT2D eigenvalue weighted by atomic mass is 10.2. The predicted molar refractivity (Wildman–Crippen MR) is 107 cm³/mol. The standard InChI is InChI=1S/C16H17BrN4O6S/c1-2-26-10-4-8(3-9(17)14(10)27-7-12(18)22)6-19-21-16-20-15(25)11(28-16)5-13(23)24/h3-4,6,11H,2,5,7H2,1H3,(H2,18,22)(H,23,24)(H,20,21,25). The van der Waals surface area contributed by atoms with Crippen molar-refractivity contribution in [3.63, 3.8) is 0 Å². The molecule has 1 aliphatic rings. The number of nitrogens with zero attached hydrogens (tertiary/aromatic N) is 2. The zero-order valence-corrected chi connectivity index (χ0v) is 17.1. The van der Waals surface area contributed by atoms with Gasteiger partial charge in [0, 0.05) is 0 Å². The molecule has 0 aromatic heterocycles. The summed E-state index contributed by atoms with van der Waals surface area (Å²) in [5, 5.41) is 18.5. The van der Waals surface area contributed by atoms with Gasteiger partial charge in [-0.15, -0.1) is 5.10 Å². The summed E-state index contributed by atoms with van der Waals surface area (Å²) in [6.45, 7) is 1.87. The number of hydrogen-bond donors (Lipinski definition) is 3. The second kappa shape index (κ2) is 10.1. The third-order valence-corrected chi connectivity index (χ3v) is 4.84. The summed E-state index contributed by atoms with van der Waals surface area (Å²) < 4.78 is 11.4. The van der Waals surface area contributed by atoms with Crippen LogP contribution in [0.2, 0.25) is 0 Å². The van der Waals surface area contributed by atoms with Gasteiger partial charge in [-0.05, 0) is 40.5 Å². The van der Waals surface area contributed by atoms with E-state index in [0.717, 1.165) is 11.8 Å². The average Bonchev–Trinajstić information content (AvgIpc) is 2.93. The van der Waals surface area contributed by atoms with Crippen molar-refractivity contribution in [2.45, 2.75) is 18.6 Å². The maximum Gasteiger partial charge on any atom is 0.305 e. The first-order valence-electron chi connectivity index (χ1n) is 7.98. The summed E-state index contributed by atoms with van der Waals surface area (Å²) in [7, 11) is 0. The molecule has 1 atom stereocenters. The van der Waals surface area contributed by atoms with E-state index in [2.05, 4.69) is 31.4 Å². The number of ether oxygens (including phenoxy) is 2. The molecular formula is C16H17BrN4O6S. The quantitative estimate of drug-likeness (QED) is 0.359. The number of halogens is 1. The third-order valence-electron chi connectivity index (χ3n) is 3.18. The van der Waals surface area contributed by atoms with Gasteiger partial charge in [-0.3, -0.25) is 14.4 Å². The second-order valence-corrected chi connectivity index (χ2v) is 7.41. The SMILES string of the molecule is CCOc1cc(C=NN=C2NC(=O)C(CC(=O)O)S2)cc(Br)c1OCC(N)=O. The van der Waals surface area contributed by atoms with E-state index in [1.165, 1.54) is 6.21 Å². The molecule has 0 aliphatic carbocycles. The van der Waals surface area contributed by atoms with Crippen LogP contribution < -0.4 is 20.5 Å². The number of aliphatic carboxylic acids is 1. The molecule has 1 aromatic carbocycles. The molecule has 0 spiro atoms. The van der Waals surface area contributed by atoms with Gasteiger partial charge in [0.05, 0.1) is 23.7 Å². The van der Waals surface area contributed by atoms with E-state index in [1.54, 1.807) is 19.1 Å². The van der Waals surface area contributed by atoms with Crippen LogP contribution in [0.4, 0.5) is 0 Å². The fraction of sp³-hybridized carbons (Fsp3) is 0.312. The lowest BCUT2D eigenvalue weighted by molar-refractivity contribution is -0.138. The Kier molecular flexibility index (Phi) is 7.81. The topological polar surface area (TPSA) is 153 Å². The summed E-state index contributed by atoms with van der Waals surface area (Å²) in [5.74, 6) is -1.38. The average molecular weight is 473 g/mol. The number of amidine groups is 1. The van der Waals surface area contributed by atoms with Crippen LogP contribution in [0.15, 0.2) is 26.8 Å². The highest BCUT2D eigenvalue weighted by atomic mass is 79.9. The van der Waals surface area contributed by atoms with Gasteiger partial charge in [0.2, 0.25) is 5.91 Å². The van der Waals surface area contributed by atoms with E-state index in [4.69, 9.17) is 20.3 Å². The number of carbonyl (C=O) groups is 3. The molecule has 1 aliphatic heterocycles. The van der Waals surface area contributed by atoms with Gasteiger partial charge < -0.3 is 25.6 Å². The summed E-state index contributed by atoms with van der Waals surface area (Å²) in [5.41, 5.74) is 5.71. The van der Waals surface area contributed by atoms with E-state index in [-0.39, 0.29) is 18.2 Å². The van der Waals surface area contributed by atoms with Crippen LogP contribution in [0, 0.1) is 0 Å². The number of benzene rings is 1. The molecule has 2 amide bonds. The molecule has 1 saturated heterocycles. The molecule has 1 unspecified atom stereocenters. The van der Waals surface area contributed by atoms with Crippen molar-refractivity contribution in [3.05, 3.63) is 22.2 Å². The molecule has 28 heavy (non-hydrogen) atoms. The number of carboxylic acid groups (broad SMARTS) is 1. The highest BCUT2D eigenvalue weighted by molar-refractivity contribution is 9.10. The first kappa shape index (κ1) is 21.7. The van der Waals surface area contributed by atoms with Crippen LogP contribution in [-0.4, -0.2) is 52.7 Å². The van der Waals surface area contributed by atoms with E-state index in [9.17, 15) is 14.4 Å². The molecular weight excluding hydrogens is 456 g/mol. The van der Waals surface area contributed by atoms with Gasteiger partial charge in [-0.2, -0.15) is 5.10 Å². The van der Waals surface area contributed by atoms with Crippen molar-refractivity contribution in [2.75, 3.05) is 13.2 Å². The Bertz CT molecular complexity index is 845. The van der Waals surface area contributed by atoms with Gasteiger partial charge >= 0.3 is 5.97 Å². The molecule has 4 N–H and O–H groups in total. The van der Waals surface area contributed by atoms with Crippen LogP contribution in [-0.2, 0) is 14.4 Å². The zero-order chi connectivity index (χ0) is 20.7. The number of thioether (sulfide) groups is 1. The van der Waals surface area contributed by atoms with E-state index < -0.39 is 23.0 Å². The van der Waals surface area contributed by atoms with Crippen LogP contribution in [0.5, 0.6) is 11.5 Å². The molecule has 1 fully saturated rings. The minimum Gasteiger partial charge on any atom is -0.490 e. The van der Waals surface area contributed by atoms with Crippen molar-refractivity contribution in [1.29, 1.82) is 0 Å². The Morgan fingerprint density at radius 1 is 1.43 bits per heavy atom. The van der Waals surface area contributed by atoms with Crippen LogP contribution in [0.3, 0.4) is 0 Å². The first-order valence-corrected chi connectivity index (χ1v) is 9.65. The fourth-order valence-corrected chi connectivity index (χ4v) is 3.59. The fourth-order valence-electron chi connectivity index (χ4n) is 2.10. The molecule has 0 saturated carbocycles. The smallest absolute Gasteiger partial charge is 0.305 e. The third kappa shape index (κ3) is 6.23.